The summed E-state index contributed by atoms with van der Waals surface area (Å²) in [6, 6.07) is 6.69. The summed E-state index contributed by atoms with van der Waals surface area (Å²) in [6.07, 6.45) is 0. The van der Waals surface area contributed by atoms with Gasteiger partial charge in [0.25, 0.3) is 5.91 Å². The first-order valence-electron chi connectivity index (χ1n) is 4.61. The molecule has 1 aliphatic heterocycles. The topological polar surface area (TPSA) is 79.1 Å². The number of rotatable bonds is 1. The molecule has 5 heteroatoms. The molecule has 16 heavy (non-hydrogen) atoms. The quantitative estimate of drug-likeness (QED) is 0.730. The molecule has 1 aromatic rings. The summed E-state index contributed by atoms with van der Waals surface area (Å²) in [7, 11) is 0. The van der Waals surface area contributed by atoms with Crippen LogP contribution in [0.3, 0.4) is 0 Å². The molecule has 0 saturated heterocycles. The van der Waals surface area contributed by atoms with Gasteiger partial charge in [-0.2, -0.15) is 0 Å². The third-order valence-electron chi connectivity index (χ3n) is 2.33. The molecule has 0 bridgehead atoms. The van der Waals surface area contributed by atoms with Crippen LogP contribution in [0, 0.1) is 0 Å². The van der Waals surface area contributed by atoms with Gasteiger partial charge in [-0.05, 0) is 13.0 Å². The molecule has 0 fully saturated rings. The average molecular weight is 216 g/mol. The number of aliphatic carboxylic acids is 1. The number of nitrogens with zero attached hydrogens (tertiary/aromatic N) is 2. The fourth-order valence-corrected chi connectivity index (χ4v) is 1.46. The van der Waals surface area contributed by atoms with Crippen LogP contribution in [0.15, 0.2) is 40.1 Å². The van der Waals surface area contributed by atoms with E-state index in [0.29, 0.717) is 11.1 Å². The number of hydrogen-bond acceptors (Lipinski definition) is 3. The summed E-state index contributed by atoms with van der Waals surface area (Å²) < 4.78 is 0. The van der Waals surface area contributed by atoms with Crippen molar-refractivity contribution in [2.75, 3.05) is 0 Å². The van der Waals surface area contributed by atoms with E-state index in [4.69, 9.17) is 5.11 Å². The molecule has 0 spiro atoms. The molecular weight excluding hydrogens is 208 g/mol. The van der Waals surface area contributed by atoms with Crippen LogP contribution >= 0.6 is 0 Å². The van der Waals surface area contributed by atoms with Gasteiger partial charge in [-0.15, -0.1) is 10.2 Å². The van der Waals surface area contributed by atoms with Crippen LogP contribution in [0.1, 0.15) is 22.8 Å². The second-order valence-corrected chi connectivity index (χ2v) is 3.33. The van der Waals surface area contributed by atoms with Gasteiger partial charge in [0.1, 0.15) is 5.70 Å². The first-order chi connectivity index (χ1) is 7.61. The molecule has 80 valence electrons. The van der Waals surface area contributed by atoms with Crippen LogP contribution in [0.2, 0.25) is 0 Å². The molecule has 1 N–H and O–H groups in total. The van der Waals surface area contributed by atoms with Crippen LogP contribution in [0.4, 0.5) is 0 Å². The highest BCUT2D eigenvalue weighted by atomic mass is 16.4. The molecule has 5 nitrogen and oxygen atoms in total. The van der Waals surface area contributed by atoms with Crippen LogP contribution in [-0.2, 0) is 4.79 Å². The van der Waals surface area contributed by atoms with Crippen molar-refractivity contribution in [2.24, 2.45) is 10.2 Å². The van der Waals surface area contributed by atoms with Crippen LogP contribution in [0.5, 0.6) is 0 Å². The van der Waals surface area contributed by atoms with Crippen molar-refractivity contribution in [3.8, 4) is 0 Å². The van der Waals surface area contributed by atoms with E-state index in [-0.39, 0.29) is 11.3 Å². The van der Waals surface area contributed by atoms with Crippen molar-refractivity contribution < 1.29 is 14.7 Å². The molecule has 1 heterocycles. The third-order valence-corrected chi connectivity index (χ3v) is 2.33. The highest BCUT2D eigenvalue weighted by Gasteiger charge is 2.22. The Bertz CT molecular complexity index is 544. The van der Waals surface area contributed by atoms with Gasteiger partial charge >= 0.3 is 5.97 Å². The van der Waals surface area contributed by atoms with E-state index in [2.05, 4.69) is 10.2 Å². The first-order valence-corrected chi connectivity index (χ1v) is 4.61. The first kappa shape index (κ1) is 10.2. The summed E-state index contributed by atoms with van der Waals surface area (Å²) >= 11 is 0. The molecule has 0 unspecified atom stereocenters. The highest BCUT2D eigenvalue weighted by molar-refractivity contribution is 6.05. The zero-order valence-electron chi connectivity index (χ0n) is 8.47. The zero-order chi connectivity index (χ0) is 11.7. The molecule has 0 aliphatic carbocycles. The molecule has 0 aromatic heterocycles. The van der Waals surface area contributed by atoms with Gasteiger partial charge < -0.3 is 5.11 Å². The van der Waals surface area contributed by atoms with Crippen molar-refractivity contribution in [1.82, 2.24) is 0 Å². The van der Waals surface area contributed by atoms with Crippen molar-refractivity contribution in [3.63, 3.8) is 0 Å². The van der Waals surface area contributed by atoms with Gasteiger partial charge in [0.2, 0.25) is 0 Å². The number of carboxylic acid groups (broad SMARTS) is 1. The Kier molecular flexibility index (Phi) is 2.36. The number of hydrogen-bond donors (Lipinski definition) is 1. The maximum absolute atomic E-state index is 11.4. The lowest BCUT2D eigenvalue weighted by molar-refractivity contribution is -0.132. The summed E-state index contributed by atoms with van der Waals surface area (Å²) in [5.41, 5.74) is 1.21. The summed E-state index contributed by atoms with van der Waals surface area (Å²) in [6.45, 7) is 1.43. The lowest BCUT2D eigenvalue weighted by Gasteiger charge is -2.11. The summed E-state index contributed by atoms with van der Waals surface area (Å²) in [5.74, 6) is -1.52. The minimum Gasteiger partial charge on any atom is -0.478 e. The lowest BCUT2D eigenvalue weighted by Crippen LogP contribution is -2.08. The number of carboxylic acids is 1. The minimum absolute atomic E-state index is 0.0729. The number of carbonyl (C=O) groups excluding carboxylic acids is 1. The lowest BCUT2D eigenvalue weighted by atomic mass is 10.0. The van der Waals surface area contributed by atoms with E-state index in [1.807, 2.05) is 0 Å². The summed E-state index contributed by atoms with van der Waals surface area (Å²) in [5, 5.41) is 15.9. The van der Waals surface area contributed by atoms with Crippen LogP contribution in [-0.4, -0.2) is 17.0 Å². The fourth-order valence-electron chi connectivity index (χ4n) is 1.46. The molecular formula is C11H8N2O3. The highest BCUT2D eigenvalue weighted by Crippen LogP contribution is 2.28. The van der Waals surface area contributed by atoms with E-state index in [1.54, 1.807) is 24.3 Å². The molecule has 0 atom stereocenters. The summed E-state index contributed by atoms with van der Waals surface area (Å²) in [4.78, 5) is 22.2. The van der Waals surface area contributed by atoms with Gasteiger partial charge in [0.05, 0.1) is 11.1 Å². The predicted octanol–water partition coefficient (Wildman–Crippen LogP) is 2.11. The number of carbonyl (C=O) groups is 2. The zero-order valence-corrected chi connectivity index (χ0v) is 8.47. The molecule has 2 rings (SSSR count). The smallest absolute Gasteiger partial charge is 0.333 e. The third kappa shape index (κ3) is 1.52. The van der Waals surface area contributed by atoms with E-state index in [9.17, 15) is 9.59 Å². The van der Waals surface area contributed by atoms with Gasteiger partial charge in [-0.1, -0.05) is 18.2 Å². The molecule has 1 amide bonds. The second kappa shape index (κ2) is 3.69. The van der Waals surface area contributed by atoms with E-state index in [0.717, 1.165) is 0 Å². The molecule has 1 aromatic carbocycles. The van der Waals surface area contributed by atoms with E-state index >= 15 is 0 Å². The Balaban J connectivity index is 2.69. The normalized spacial score (nSPS) is 16.9. The van der Waals surface area contributed by atoms with E-state index < -0.39 is 11.9 Å². The number of amides is 1. The van der Waals surface area contributed by atoms with Crippen molar-refractivity contribution in [1.29, 1.82) is 0 Å². The SMILES string of the molecule is C/C(C(=O)O)=C1\N=NC(=O)c2ccccc21. The van der Waals surface area contributed by atoms with Gasteiger partial charge in [0.15, 0.2) is 0 Å². The second-order valence-electron chi connectivity index (χ2n) is 3.33. The van der Waals surface area contributed by atoms with Gasteiger partial charge in [-0.25, -0.2) is 4.79 Å². The standard InChI is InChI=1S/C11H8N2O3/c1-6(11(15)16)9-7-4-2-3-5-8(7)10(14)13-12-9/h2-5H,1H3,(H,15,16)/b9-6+. The maximum atomic E-state index is 11.4. The Morgan fingerprint density at radius 2 is 1.81 bits per heavy atom. The van der Waals surface area contributed by atoms with Crippen molar-refractivity contribution >= 4 is 17.6 Å². The Labute approximate surface area is 91.1 Å². The average Bonchev–Trinajstić information content (AvgIpc) is 2.29. The van der Waals surface area contributed by atoms with Gasteiger partial charge in [0, 0.05) is 5.56 Å². The molecule has 1 aliphatic rings. The minimum atomic E-state index is -1.07. The Hall–Kier alpha value is -2.30. The maximum Gasteiger partial charge on any atom is 0.333 e. The number of fused-ring (bicyclic) bond motifs is 1. The fraction of sp³-hybridized carbons (Fsp3) is 0.0909. The van der Waals surface area contributed by atoms with Crippen molar-refractivity contribution in [2.45, 2.75) is 6.92 Å². The molecule has 0 radical (unpaired) electrons. The largest absolute Gasteiger partial charge is 0.478 e. The van der Waals surface area contributed by atoms with Crippen LogP contribution < -0.4 is 0 Å². The predicted molar refractivity (Wildman–Crippen MR) is 55.9 cm³/mol. The number of benzene rings is 1. The number of azo groups is 1. The molecule has 0 saturated carbocycles. The Morgan fingerprint density at radius 3 is 2.44 bits per heavy atom. The van der Waals surface area contributed by atoms with Crippen molar-refractivity contribution in [3.05, 3.63) is 41.0 Å². The Morgan fingerprint density at radius 1 is 1.19 bits per heavy atom. The van der Waals surface area contributed by atoms with Crippen LogP contribution in [0.25, 0.3) is 5.70 Å². The van der Waals surface area contributed by atoms with E-state index in [1.165, 1.54) is 6.92 Å². The monoisotopic (exact) mass is 216 g/mol. The van der Waals surface area contributed by atoms with Gasteiger partial charge in [-0.3, -0.25) is 4.79 Å².